The van der Waals surface area contributed by atoms with Crippen molar-refractivity contribution in [1.82, 2.24) is 19.5 Å². The van der Waals surface area contributed by atoms with Gasteiger partial charge in [-0.25, -0.2) is 24.2 Å². The highest BCUT2D eigenvalue weighted by Crippen LogP contribution is 2.35. The van der Waals surface area contributed by atoms with E-state index in [1.807, 2.05) is 0 Å². The minimum Gasteiger partial charge on any atom is -0.465 e. The number of nitrogens with zero attached hydrogens (tertiary/aromatic N) is 4. The van der Waals surface area contributed by atoms with Crippen LogP contribution in [-0.4, -0.2) is 60.6 Å². The summed E-state index contributed by atoms with van der Waals surface area (Å²) in [6.45, 7) is 0.871. The summed E-state index contributed by atoms with van der Waals surface area (Å²) in [5.74, 6) is -3.77. The van der Waals surface area contributed by atoms with Crippen molar-refractivity contribution in [1.29, 1.82) is 0 Å². The quantitative estimate of drug-likeness (QED) is 0.213. The molecule has 12 nitrogen and oxygen atoms in total. The van der Waals surface area contributed by atoms with Crippen molar-refractivity contribution in [3.63, 3.8) is 0 Å². The smallest absolute Gasteiger partial charge is 0.431 e. The van der Waals surface area contributed by atoms with Gasteiger partial charge < -0.3 is 4.74 Å². The first-order valence-corrected chi connectivity index (χ1v) is 12.0. The molecule has 2 N–H and O–H groups in total. The third-order valence-electron chi connectivity index (χ3n) is 5.19. The lowest BCUT2D eigenvalue weighted by Crippen LogP contribution is -2.41. The summed E-state index contributed by atoms with van der Waals surface area (Å²) in [4.78, 5) is 66.6. The average molecular weight is 596 g/mol. The fraction of sp³-hybridized carbons (Fsp3) is 0.333. The van der Waals surface area contributed by atoms with E-state index in [0.29, 0.717) is 17.8 Å². The molecule has 1 aromatic carbocycles. The van der Waals surface area contributed by atoms with Crippen LogP contribution in [0.5, 0.6) is 0 Å². The number of alkyl halides is 3. The number of hydrogen-bond acceptors (Lipinski definition) is 9. The van der Waals surface area contributed by atoms with Crippen LogP contribution >= 0.6 is 23.4 Å². The van der Waals surface area contributed by atoms with Gasteiger partial charge >= 0.3 is 17.8 Å². The monoisotopic (exact) mass is 595 g/mol. The Balaban J connectivity index is 2.15. The first-order chi connectivity index (χ1) is 18.2. The standard InChI is InChI=1S/C21H18ClF4N5O7S/c1-3-38-17(34)8-30-18(35)13(6-15(32)28-37)39-19(30)27-11-5-12(10(23)4-9(11)22)31-16(33)7-14(21(24,25)26)29(2)20(31)36/h4-5,7,13,37H,3,6,8H2,1-2H3,(H,28,32). The van der Waals surface area contributed by atoms with Crippen LogP contribution in [0.25, 0.3) is 5.69 Å². The van der Waals surface area contributed by atoms with Gasteiger partial charge in [0.15, 0.2) is 5.17 Å². The average Bonchev–Trinajstić information content (AvgIpc) is 3.12. The Morgan fingerprint density at radius 3 is 2.49 bits per heavy atom. The Morgan fingerprint density at radius 1 is 1.23 bits per heavy atom. The predicted octanol–water partition coefficient (Wildman–Crippen LogP) is 1.74. The second kappa shape index (κ2) is 11.6. The highest BCUT2D eigenvalue weighted by molar-refractivity contribution is 8.15. The van der Waals surface area contributed by atoms with Crippen LogP contribution in [0.4, 0.5) is 23.2 Å². The molecule has 0 radical (unpaired) electrons. The number of aliphatic imine (C=N–C) groups is 1. The third kappa shape index (κ3) is 6.31. The fourth-order valence-electron chi connectivity index (χ4n) is 3.43. The molecule has 1 aromatic heterocycles. The van der Waals surface area contributed by atoms with E-state index in [4.69, 9.17) is 21.5 Å². The van der Waals surface area contributed by atoms with Crippen LogP contribution in [0.1, 0.15) is 19.0 Å². The molecule has 3 rings (SSSR count). The molecule has 39 heavy (non-hydrogen) atoms. The van der Waals surface area contributed by atoms with Gasteiger partial charge in [-0.2, -0.15) is 13.2 Å². The van der Waals surface area contributed by atoms with Crippen LogP contribution in [-0.2, 0) is 32.3 Å². The maximum Gasteiger partial charge on any atom is 0.431 e. The highest BCUT2D eigenvalue weighted by Gasteiger charge is 2.40. The zero-order valence-corrected chi connectivity index (χ0v) is 21.5. The van der Waals surface area contributed by atoms with Crippen LogP contribution in [0.3, 0.4) is 0 Å². The molecule has 1 saturated heterocycles. The summed E-state index contributed by atoms with van der Waals surface area (Å²) in [6.07, 6.45) is -5.56. The van der Waals surface area contributed by atoms with Crippen LogP contribution < -0.4 is 16.7 Å². The second-order valence-electron chi connectivity index (χ2n) is 7.77. The molecule has 1 atom stereocenters. The number of rotatable bonds is 7. The number of nitrogens with one attached hydrogen (secondary N) is 1. The molecular formula is C21H18ClF4N5O7S. The fourth-order valence-corrected chi connectivity index (χ4v) is 4.77. The van der Waals surface area contributed by atoms with Crippen molar-refractivity contribution in [2.75, 3.05) is 13.2 Å². The molecule has 210 valence electrons. The third-order valence-corrected chi connectivity index (χ3v) is 6.67. The minimum absolute atomic E-state index is 0.0131. The summed E-state index contributed by atoms with van der Waals surface area (Å²) in [5, 5.41) is 7.04. The summed E-state index contributed by atoms with van der Waals surface area (Å²) < 4.78 is 59.5. The number of benzene rings is 1. The van der Waals surface area contributed by atoms with Gasteiger partial charge in [0.05, 0.1) is 23.0 Å². The largest absolute Gasteiger partial charge is 0.465 e. The van der Waals surface area contributed by atoms with Crippen molar-refractivity contribution >= 4 is 52.0 Å². The van der Waals surface area contributed by atoms with Gasteiger partial charge in [-0.15, -0.1) is 0 Å². The van der Waals surface area contributed by atoms with E-state index in [1.165, 1.54) is 12.4 Å². The Morgan fingerprint density at radius 2 is 1.90 bits per heavy atom. The summed E-state index contributed by atoms with van der Waals surface area (Å²) in [7, 11) is 0.743. The summed E-state index contributed by atoms with van der Waals surface area (Å²) in [5.41, 5.74) is -4.32. The molecule has 2 aromatic rings. The second-order valence-corrected chi connectivity index (χ2v) is 9.34. The number of halogens is 5. The zero-order chi connectivity index (χ0) is 29.2. The normalized spacial score (nSPS) is 16.6. The Hall–Kier alpha value is -3.70. The SMILES string of the molecule is CCOC(=O)CN1C(=O)C(CC(=O)NO)SC1=Nc1cc(-n2c(=O)cc(C(F)(F)F)n(C)c2=O)c(F)cc1Cl. The molecule has 2 amide bonds. The van der Waals surface area contributed by atoms with Crippen molar-refractivity contribution in [3.8, 4) is 5.69 Å². The van der Waals surface area contributed by atoms with Gasteiger partial charge in [0.1, 0.15) is 23.3 Å². The van der Waals surface area contributed by atoms with Gasteiger partial charge in [0.2, 0.25) is 11.8 Å². The van der Waals surface area contributed by atoms with Crippen molar-refractivity contribution in [2.45, 2.75) is 24.8 Å². The molecule has 1 aliphatic rings. The maximum absolute atomic E-state index is 14.8. The number of ether oxygens (including phenoxy) is 1. The number of carbonyl (C=O) groups is 3. The number of amidine groups is 1. The van der Waals surface area contributed by atoms with Crippen molar-refractivity contribution in [2.24, 2.45) is 12.0 Å². The van der Waals surface area contributed by atoms with Gasteiger partial charge in [-0.1, -0.05) is 23.4 Å². The van der Waals surface area contributed by atoms with Crippen LogP contribution in [0.15, 0.2) is 32.8 Å². The van der Waals surface area contributed by atoms with E-state index in [0.717, 1.165) is 18.0 Å². The van der Waals surface area contributed by atoms with Gasteiger partial charge in [-0.3, -0.25) is 33.9 Å². The number of amides is 2. The first kappa shape index (κ1) is 29.9. The number of esters is 1. The molecule has 0 bridgehead atoms. The molecule has 18 heteroatoms. The Kier molecular flexibility index (Phi) is 8.87. The summed E-state index contributed by atoms with van der Waals surface area (Å²) in [6, 6.07) is 1.56. The van der Waals surface area contributed by atoms with E-state index >= 15 is 0 Å². The van der Waals surface area contributed by atoms with E-state index in [9.17, 15) is 41.5 Å². The zero-order valence-electron chi connectivity index (χ0n) is 19.9. The molecule has 1 unspecified atom stereocenters. The molecule has 0 spiro atoms. The number of aromatic nitrogens is 2. The minimum atomic E-state index is -5.04. The number of hydroxylamine groups is 1. The van der Waals surface area contributed by atoms with Gasteiger partial charge in [0.25, 0.3) is 5.56 Å². The lowest BCUT2D eigenvalue weighted by atomic mass is 10.2. The maximum atomic E-state index is 14.8. The molecular weight excluding hydrogens is 578 g/mol. The van der Waals surface area contributed by atoms with E-state index in [-0.39, 0.29) is 37.7 Å². The van der Waals surface area contributed by atoms with E-state index in [2.05, 4.69) is 4.99 Å². The van der Waals surface area contributed by atoms with E-state index in [1.54, 1.807) is 0 Å². The number of hydrogen-bond donors (Lipinski definition) is 2. The summed E-state index contributed by atoms with van der Waals surface area (Å²) >= 11 is 6.77. The molecule has 1 fully saturated rings. The van der Waals surface area contributed by atoms with Gasteiger partial charge in [0, 0.05) is 19.5 Å². The molecule has 2 heterocycles. The van der Waals surface area contributed by atoms with Crippen LogP contribution in [0, 0.1) is 5.82 Å². The van der Waals surface area contributed by atoms with Crippen molar-refractivity contribution in [3.05, 3.63) is 55.6 Å². The number of thioether (sulfide) groups is 1. The Labute approximate surface area is 224 Å². The lowest BCUT2D eigenvalue weighted by molar-refractivity contribution is -0.146. The first-order valence-electron chi connectivity index (χ1n) is 10.7. The topological polar surface area (TPSA) is 152 Å². The predicted molar refractivity (Wildman–Crippen MR) is 129 cm³/mol. The number of carbonyl (C=O) groups excluding carboxylic acids is 3. The molecule has 0 saturated carbocycles. The highest BCUT2D eigenvalue weighted by atomic mass is 35.5. The van der Waals surface area contributed by atoms with Crippen molar-refractivity contribution < 1.29 is 41.9 Å². The van der Waals surface area contributed by atoms with E-state index < -0.39 is 70.6 Å². The molecule has 1 aliphatic heterocycles. The Bertz CT molecular complexity index is 1490. The molecule has 0 aliphatic carbocycles. The lowest BCUT2D eigenvalue weighted by Gasteiger charge is -2.16. The van der Waals surface area contributed by atoms with Gasteiger partial charge in [-0.05, 0) is 19.1 Å². The van der Waals surface area contributed by atoms with Crippen LogP contribution in [0.2, 0.25) is 5.02 Å².